The maximum atomic E-state index is 10.4. The third kappa shape index (κ3) is 15.3. The van der Waals surface area contributed by atoms with E-state index < -0.39 is 6.10 Å². The first-order chi connectivity index (χ1) is 50.3. The van der Waals surface area contributed by atoms with Gasteiger partial charge in [0.25, 0.3) is 5.82 Å². The van der Waals surface area contributed by atoms with Gasteiger partial charge in [0.05, 0.1) is 86.3 Å². The van der Waals surface area contributed by atoms with E-state index >= 15 is 0 Å². The summed E-state index contributed by atoms with van der Waals surface area (Å²) in [7, 11) is 5.75. The normalized spacial score (nSPS) is 11.2. The first kappa shape index (κ1) is 68.4. The van der Waals surface area contributed by atoms with Crippen LogP contribution in [0.15, 0.2) is 301 Å². The molecule has 18 rings (SSSR count). The quantitative estimate of drug-likeness (QED) is 0.0875. The van der Waals surface area contributed by atoms with Crippen LogP contribution in [-0.4, -0.2) is 87.5 Å². The summed E-state index contributed by atoms with van der Waals surface area (Å²) in [5.41, 5.74) is 21.9. The van der Waals surface area contributed by atoms with Gasteiger partial charge in [-0.25, -0.2) is 22.6 Å². The van der Waals surface area contributed by atoms with Gasteiger partial charge < -0.3 is 9.95 Å². The molecule has 0 aliphatic rings. The van der Waals surface area contributed by atoms with E-state index in [1.165, 1.54) is 0 Å². The molecule has 103 heavy (non-hydrogen) atoms. The van der Waals surface area contributed by atoms with Crippen LogP contribution < -0.4 is 0 Å². The van der Waals surface area contributed by atoms with Gasteiger partial charge in [0.1, 0.15) is 12.3 Å². The number of fused-ring (bicyclic) bond motifs is 5. The van der Waals surface area contributed by atoms with Gasteiger partial charge in [-0.1, -0.05) is 128 Å². The van der Waals surface area contributed by atoms with E-state index in [-0.39, 0.29) is 0 Å². The molecule has 23 heteroatoms. The molecule has 1 unspecified atom stereocenters. The molecule has 4 aromatic carbocycles. The fourth-order valence-corrected chi connectivity index (χ4v) is 14.3. The van der Waals surface area contributed by atoms with Crippen molar-refractivity contribution in [1.29, 1.82) is 0 Å². The number of benzene rings is 4. The number of hydrogen-bond donors (Lipinski definition) is 1. The lowest BCUT2D eigenvalue weighted by atomic mass is 9.99. The molecule has 0 aliphatic carbocycles. The van der Waals surface area contributed by atoms with Crippen molar-refractivity contribution in [2.75, 3.05) is 0 Å². The van der Waals surface area contributed by atoms with Crippen molar-refractivity contribution >= 4 is 104 Å². The number of rotatable bonds is 8. The van der Waals surface area contributed by atoms with E-state index in [4.69, 9.17) is 6.57 Å². The van der Waals surface area contributed by atoms with Gasteiger partial charge in [-0.15, -0.1) is 4.98 Å². The standard InChI is InChI=1S/C26H20N4O.C23H16N6.C17H13BrN4.C7H4BrIN2.C7H5BrN2/c1-29-18-23(16-27-29)19-9-11-20(12-10-19)24-17-28-30-15-5-8-22(26(24)30)13-14-25(31)21-6-3-2-4-7-21;1-24-22-12-18(9-10-25-22)20-4-3-11-29-23(20)21(14-27-29)17-7-5-16(6-8-17)19-13-26-28(2)15-19;1-21-11-14(9-19-21)12-4-6-13(7-5-12)15-10-20-22-8-2-3-16(18)17(15)22;8-5-2-1-3-11-7(5)6(9)4-10-11;8-6-2-1-5-10-7(6)3-4-9-10/h2-12,15-18,25,31H,1H3;3-15H,2H3;2-11H,1H3;1-4H;1-5H. The molecule has 0 aliphatic heterocycles. The molecule has 0 fully saturated rings. The van der Waals surface area contributed by atoms with Gasteiger partial charge in [0.2, 0.25) is 0 Å². The number of halogens is 4. The van der Waals surface area contributed by atoms with Crippen molar-refractivity contribution in [2.45, 2.75) is 6.10 Å². The van der Waals surface area contributed by atoms with E-state index in [9.17, 15) is 5.11 Å². The Morgan fingerprint density at radius 2 is 0.845 bits per heavy atom. The monoisotopic (exact) mass is 1650 g/mol. The second kappa shape index (κ2) is 31.0. The number of aliphatic hydroxyl groups excluding tert-OH is 1. The molecule has 0 bridgehead atoms. The lowest BCUT2D eigenvalue weighted by Gasteiger charge is -2.08. The molecule has 0 saturated carbocycles. The predicted octanol–water partition coefficient (Wildman–Crippen LogP) is 18.5. The first-order valence-electron chi connectivity index (χ1n) is 32.1. The van der Waals surface area contributed by atoms with Crippen LogP contribution in [0.1, 0.15) is 17.2 Å². The molecule has 1 N–H and O–H groups in total. The van der Waals surface area contributed by atoms with Crippen LogP contribution in [0.4, 0.5) is 5.82 Å². The van der Waals surface area contributed by atoms with E-state index in [2.05, 4.69) is 206 Å². The Morgan fingerprint density at radius 1 is 0.398 bits per heavy atom. The van der Waals surface area contributed by atoms with Crippen molar-refractivity contribution in [2.24, 2.45) is 21.1 Å². The SMILES string of the molecule is Brc1cccn2ncc(I)c12.Brc1cccn2nccc12.Cn1cc(-c2ccc(-c3cnn4cccc(Br)c34)cc2)cn1.Cn1cc(-c2ccc(-c3cnn4cccc(C#CC(O)c5ccccc5)c34)cc2)cn1.[C-]#[N+]c1cc(-c2cccn3ncc(-c4ccc(-c5cnn(C)c5)cc4)c23)ccn1. The molecule has 0 radical (unpaired) electrons. The van der Waals surface area contributed by atoms with Gasteiger partial charge >= 0.3 is 0 Å². The smallest absolute Gasteiger partial charge is 0.270 e. The summed E-state index contributed by atoms with van der Waals surface area (Å²) in [6, 6.07) is 60.2. The van der Waals surface area contributed by atoms with Crippen molar-refractivity contribution in [3.63, 3.8) is 0 Å². The van der Waals surface area contributed by atoms with Crippen LogP contribution in [0.3, 0.4) is 0 Å². The highest BCUT2D eigenvalue weighted by atomic mass is 127. The van der Waals surface area contributed by atoms with Crippen LogP contribution in [-0.2, 0) is 21.1 Å². The Balaban J connectivity index is 0.000000115. The van der Waals surface area contributed by atoms with Gasteiger partial charge in [-0.05, 0) is 188 Å². The minimum atomic E-state index is -0.841. The third-order valence-electron chi connectivity index (χ3n) is 16.7. The molecule has 19 nitrogen and oxygen atoms in total. The molecule has 0 spiro atoms. The molecule has 14 aromatic heterocycles. The minimum absolute atomic E-state index is 0.381. The zero-order valence-electron chi connectivity index (χ0n) is 55.2. The van der Waals surface area contributed by atoms with Crippen LogP contribution in [0.2, 0.25) is 0 Å². The first-order valence-corrected chi connectivity index (χ1v) is 35.5. The van der Waals surface area contributed by atoms with E-state index in [1.807, 2.05) is 251 Å². The Bertz CT molecular complexity index is 6110. The topological polar surface area (TPSA) is 177 Å². The largest absolute Gasteiger partial charge is 0.376 e. The lowest BCUT2D eigenvalue weighted by molar-refractivity contribution is 0.238. The van der Waals surface area contributed by atoms with Crippen molar-refractivity contribution in [3.05, 3.63) is 327 Å². The molecular weight excluding hydrogens is 1600 g/mol. The highest BCUT2D eigenvalue weighted by molar-refractivity contribution is 14.1. The maximum Gasteiger partial charge on any atom is 0.270 e. The van der Waals surface area contributed by atoms with Crippen LogP contribution >= 0.6 is 70.4 Å². The molecule has 0 saturated heterocycles. The Hall–Kier alpha value is -11.7. The average Bonchev–Trinajstić information content (AvgIpc) is 1.67. The summed E-state index contributed by atoms with van der Waals surface area (Å²) in [6.07, 6.45) is 31.3. The van der Waals surface area contributed by atoms with Gasteiger partial charge in [-0.2, -0.15) is 40.8 Å². The molecular formula is C80H58Br3IN18O. The summed E-state index contributed by atoms with van der Waals surface area (Å²) in [4.78, 5) is 7.54. The van der Waals surface area contributed by atoms with Crippen molar-refractivity contribution < 1.29 is 5.11 Å². The lowest BCUT2D eigenvalue weighted by Crippen LogP contribution is -1.94. The number of pyridine rings is 6. The number of aliphatic hydroxyl groups is 1. The summed E-state index contributed by atoms with van der Waals surface area (Å²) in [6.45, 7) is 7.24. The van der Waals surface area contributed by atoms with Crippen LogP contribution in [0.25, 0.3) is 110 Å². The van der Waals surface area contributed by atoms with Crippen LogP contribution in [0, 0.1) is 22.0 Å². The molecule has 0 amide bonds. The third-order valence-corrected chi connectivity index (χ3v) is 19.5. The molecule has 502 valence electrons. The Kier molecular flexibility index (Phi) is 20.6. The molecule has 1 atom stereocenters. The molecule has 14 heterocycles. The summed E-state index contributed by atoms with van der Waals surface area (Å²) >= 11 is 12.7. The zero-order valence-corrected chi connectivity index (χ0v) is 62.1. The number of nitrogens with zero attached hydrogens (tertiary/aromatic N) is 18. The fourth-order valence-electron chi connectivity index (χ4n) is 11.7. The number of hydrogen-bond acceptors (Lipinski definition) is 10. The second-order valence-electron chi connectivity index (χ2n) is 23.5. The maximum absolute atomic E-state index is 10.4. The minimum Gasteiger partial charge on any atom is -0.376 e. The highest BCUT2D eigenvalue weighted by Gasteiger charge is 2.17. The summed E-state index contributed by atoms with van der Waals surface area (Å²) in [5, 5.41) is 44.8. The zero-order chi connectivity index (χ0) is 70.9. The number of aryl methyl sites for hydroxylation is 3. The van der Waals surface area contributed by atoms with E-state index in [1.54, 1.807) is 21.8 Å². The van der Waals surface area contributed by atoms with Gasteiger partial charge in [-0.3, -0.25) is 14.0 Å². The fraction of sp³-hybridized carbons (Fsp3) is 0.0500. The summed E-state index contributed by atoms with van der Waals surface area (Å²) in [5.74, 6) is 6.50. The second-order valence-corrected chi connectivity index (χ2v) is 27.2. The van der Waals surface area contributed by atoms with E-state index in [0.717, 1.165) is 134 Å². The molecule has 18 aromatic rings. The Labute approximate surface area is 630 Å². The highest BCUT2D eigenvalue weighted by Crippen LogP contribution is 2.37. The average molecular weight is 1650 g/mol. The van der Waals surface area contributed by atoms with Crippen LogP contribution in [0.5, 0.6) is 0 Å². The van der Waals surface area contributed by atoms with Gasteiger partial charge in [0, 0.05) is 123 Å². The van der Waals surface area contributed by atoms with Crippen molar-refractivity contribution in [3.8, 4) is 89.7 Å². The van der Waals surface area contributed by atoms with E-state index in [0.29, 0.717) is 5.82 Å². The Morgan fingerprint density at radius 3 is 1.36 bits per heavy atom. The summed E-state index contributed by atoms with van der Waals surface area (Å²) < 4.78 is 19.0. The number of aromatic nitrogens is 17. The van der Waals surface area contributed by atoms with Crippen molar-refractivity contribution in [1.82, 2.24) is 82.4 Å². The predicted molar refractivity (Wildman–Crippen MR) is 422 cm³/mol. The van der Waals surface area contributed by atoms with Gasteiger partial charge in [0.15, 0.2) is 0 Å².